The molecule has 0 bridgehead atoms. The van der Waals surface area contributed by atoms with Crippen molar-refractivity contribution in [3.8, 4) is 0 Å². The molecular formula is C15H19FO2. The third-order valence-corrected chi connectivity index (χ3v) is 4.03. The molecule has 0 aromatic heterocycles. The van der Waals surface area contributed by atoms with E-state index in [1.165, 1.54) is 0 Å². The number of carboxylic acid groups (broad SMARTS) is 1. The maximum atomic E-state index is 14.3. The minimum Gasteiger partial charge on any atom is -0.481 e. The summed E-state index contributed by atoms with van der Waals surface area (Å²) in [6.07, 6.45) is 3.85. The second-order valence-corrected chi connectivity index (χ2v) is 5.39. The van der Waals surface area contributed by atoms with E-state index in [-0.39, 0.29) is 5.82 Å². The predicted octanol–water partition coefficient (Wildman–Crippen LogP) is 3.73. The Hall–Kier alpha value is -1.38. The Balaban J connectivity index is 2.59. The molecular weight excluding hydrogens is 231 g/mol. The van der Waals surface area contributed by atoms with E-state index in [9.17, 15) is 14.3 Å². The van der Waals surface area contributed by atoms with Crippen LogP contribution in [0, 0.1) is 19.7 Å². The first-order valence-electron chi connectivity index (χ1n) is 6.48. The van der Waals surface area contributed by atoms with Crippen LogP contribution < -0.4 is 0 Å². The molecule has 1 fully saturated rings. The summed E-state index contributed by atoms with van der Waals surface area (Å²) in [5.74, 6) is -1.23. The molecule has 1 saturated carbocycles. The van der Waals surface area contributed by atoms with Gasteiger partial charge in [-0.2, -0.15) is 0 Å². The number of aliphatic carboxylic acids is 1. The van der Waals surface area contributed by atoms with Gasteiger partial charge in [0.1, 0.15) is 5.82 Å². The fourth-order valence-corrected chi connectivity index (χ4v) is 3.05. The van der Waals surface area contributed by atoms with E-state index in [2.05, 4.69) is 0 Å². The largest absolute Gasteiger partial charge is 0.481 e. The fourth-order valence-electron chi connectivity index (χ4n) is 3.05. The smallest absolute Gasteiger partial charge is 0.314 e. The van der Waals surface area contributed by atoms with E-state index in [1.54, 1.807) is 19.1 Å². The van der Waals surface area contributed by atoms with E-state index in [0.717, 1.165) is 24.8 Å². The average Bonchev–Trinajstić information content (AvgIpc) is 2.34. The highest BCUT2D eigenvalue weighted by Gasteiger charge is 2.43. The van der Waals surface area contributed by atoms with Gasteiger partial charge in [0.2, 0.25) is 0 Å². The van der Waals surface area contributed by atoms with Gasteiger partial charge in [-0.3, -0.25) is 4.79 Å². The lowest BCUT2D eigenvalue weighted by molar-refractivity contribution is -0.145. The van der Waals surface area contributed by atoms with Crippen molar-refractivity contribution in [2.45, 2.75) is 51.4 Å². The third-order valence-electron chi connectivity index (χ3n) is 4.03. The lowest BCUT2D eigenvalue weighted by Crippen LogP contribution is -2.39. The molecule has 0 spiro atoms. The number of aryl methyl sites for hydroxylation is 2. The van der Waals surface area contributed by atoms with Gasteiger partial charge in [-0.05, 0) is 32.3 Å². The Bertz CT molecular complexity index is 474. The van der Waals surface area contributed by atoms with Crippen LogP contribution in [0.1, 0.15) is 48.8 Å². The lowest BCUT2D eigenvalue weighted by atomic mass is 9.68. The standard InChI is InChI=1S/C15H19FO2/c1-10-8-11(2)13(16)12(9-10)15(14(17)18)6-4-3-5-7-15/h8-9H,3-7H2,1-2H3,(H,17,18). The van der Waals surface area contributed by atoms with Crippen molar-refractivity contribution >= 4 is 5.97 Å². The number of carboxylic acids is 1. The molecule has 0 radical (unpaired) electrons. The van der Waals surface area contributed by atoms with Crippen molar-refractivity contribution in [1.29, 1.82) is 0 Å². The van der Waals surface area contributed by atoms with Crippen molar-refractivity contribution in [3.05, 3.63) is 34.6 Å². The fraction of sp³-hybridized carbons (Fsp3) is 0.533. The molecule has 0 saturated heterocycles. The zero-order valence-corrected chi connectivity index (χ0v) is 10.9. The van der Waals surface area contributed by atoms with E-state index < -0.39 is 11.4 Å². The molecule has 0 atom stereocenters. The van der Waals surface area contributed by atoms with Crippen molar-refractivity contribution < 1.29 is 14.3 Å². The van der Waals surface area contributed by atoms with Crippen LogP contribution in [0.15, 0.2) is 12.1 Å². The first-order chi connectivity index (χ1) is 8.47. The summed E-state index contributed by atoms with van der Waals surface area (Å²) in [6.45, 7) is 3.58. The highest BCUT2D eigenvalue weighted by atomic mass is 19.1. The summed E-state index contributed by atoms with van der Waals surface area (Å²) in [5, 5.41) is 9.58. The van der Waals surface area contributed by atoms with Crippen LogP contribution in [0.5, 0.6) is 0 Å². The van der Waals surface area contributed by atoms with Crippen molar-refractivity contribution in [2.24, 2.45) is 0 Å². The Labute approximate surface area is 107 Å². The van der Waals surface area contributed by atoms with E-state index in [4.69, 9.17) is 0 Å². The number of halogens is 1. The molecule has 1 N–H and O–H groups in total. The van der Waals surface area contributed by atoms with Gasteiger partial charge in [0.25, 0.3) is 0 Å². The van der Waals surface area contributed by atoms with Crippen molar-refractivity contribution in [1.82, 2.24) is 0 Å². The molecule has 1 aromatic carbocycles. The maximum absolute atomic E-state index is 14.3. The van der Waals surface area contributed by atoms with Gasteiger partial charge < -0.3 is 5.11 Å². The van der Waals surface area contributed by atoms with Crippen LogP contribution in [0.2, 0.25) is 0 Å². The van der Waals surface area contributed by atoms with Crippen molar-refractivity contribution in [2.75, 3.05) is 0 Å². The van der Waals surface area contributed by atoms with Gasteiger partial charge in [-0.1, -0.05) is 37.0 Å². The van der Waals surface area contributed by atoms with Crippen LogP contribution in [-0.2, 0) is 10.2 Å². The topological polar surface area (TPSA) is 37.3 Å². The van der Waals surface area contributed by atoms with Crippen LogP contribution >= 0.6 is 0 Å². The van der Waals surface area contributed by atoms with Crippen LogP contribution in [0.4, 0.5) is 4.39 Å². The molecule has 18 heavy (non-hydrogen) atoms. The summed E-state index contributed by atoms with van der Waals surface area (Å²) < 4.78 is 14.3. The highest BCUT2D eigenvalue weighted by Crippen LogP contribution is 2.41. The Morgan fingerprint density at radius 2 is 1.83 bits per heavy atom. The lowest BCUT2D eigenvalue weighted by Gasteiger charge is -2.34. The molecule has 3 heteroatoms. The van der Waals surface area contributed by atoms with Gasteiger partial charge >= 0.3 is 5.97 Å². The van der Waals surface area contributed by atoms with E-state index >= 15 is 0 Å². The molecule has 1 aliphatic rings. The van der Waals surface area contributed by atoms with Gasteiger partial charge in [0.15, 0.2) is 0 Å². The van der Waals surface area contributed by atoms with Gasteiger partial charge in [-0.15, -0.1) is 0 Å². The zero-order chi connectivity index (χ0) is 13.3. The van der Waals surface area contributed by atoms with Gasteiger partial charge in [0, 0.05) is 5.56 Å². The first kappa shape index (κ1) is 13.1. The molecule has 2 rings (SSSR count). The SMILES string of the molecule is Cc1cc(C)c(F)c(C2(C(=O)O)CCCCC2)c1. The molecule has 0 amide bonds. The quantitative estimate of drug-likeness (QED) is 0.868. The number of hydrogen-bond donors (Lipinski definition) is 1. The summed E-state index contributed by atoms with van der Waals surface area (Å²) in [4.78, 5) is 11.7. The number of rotatable bonds is 2. The number of benzene rings is 1. The number of carbonyl (C=O) groups is 1. The van der Waals surface area contributed by atoms with Gasteiger partial charge in [0.05, 0.1) is 5.41 Å². The van der Waals surface area contributed by atoms with Crippen LogP contribution in [0.3, 0.4) is 0 Å². The van der Waals surface area contributed by atoms with Crippen molar-refractivity contribution in [3.63, 3.8) is 0 Å². The monoisotopic (exact) mass is 250 g/mol. The predicted molar refractivity (Wildman–Crippen MR) is 68.3 cm³/mol. The van der Waals surface area contributed by atoms with E-state index in [1.807, 2.05) is 6.92 Å². The molecule has 0 heterocycles. The Kier molecular flexibility index (Phi) is 3.42. The summed E-state index contributed by atoms with van der Waals surface area (Å²) >= 11 is 0. The molecule has 0 aliphatic heterocycles. The normalized spacial score (nSPS) is 18.6. The highest BCUT2D eigenvalue weighted by molar-refractivity contribution is 5.81. The molecule has 1 aliphatic carbocycles. The van der Waals surface area contributed by atoms with E-state index in [0.29, 0.717) is 24.0 Å². The molecule has 0 unspecified atom stereocenters. The number of hydrogen-bond acceptors (Lipinski definition) is 1. The average molecular weight is 250 g/mol. The maximum Gasteiger partial charge on any atom is 0.314 e. The van der Waals surface area contributed by atoms with Crippen LogP contribution in [-0.4, -0.2) is 11.1 Å². The second-order valence-electron chi connectivity index (χ2n) is 5.39. The minimum atomic E-state index is -1.01. The van der Waals surface area contributed by atoms with Crippen LogP contribution in [0.25, 0.3) is 0 Å². The Morgan fingerprint density at radius 3 is 2.39 bits per heavy atom. The third kappa shape index (κ3) is 2.02. The zero-order valence-electron chi connectivity index (χ0n) is 10.9. The molecule has 2 nitrogen and oxygen atoms in total. The summed E-state index contributed by atoms with van der Waals surface area (Å²) in [7, 11) is 0. The Morgan fingerprint density at radius 1 is 1.22 bits per heavy atom. The minimum absolute atomic E-state index is 0.343. The summed E-state index contributed by atoms with van der Waals surface area (Å²) in [5.41, 5.74) is 0.831. The summed E-state index contributed by atoms with van der Waals surface area (Å²) in [6, 6.07) is 3.47. The second kappa shape index (κ2) is 4.71. The first-order valence-corrected chi connectivity index (χ1v) is 6.48. The molecule has 1 aromatic rings. The van der Waals surface area contributed by atoms with Gasteiger partial charge in [-0.25, -0.2) is 4.39 Å². The molecule has 98 valence electrons.